The molecule has 0 spiro atoms. The molecule has 1 saturated carbocycles. The van der Waals surface area contributed by atoms with Crippen LogP contribution in [0.15, 0.2) is 52.3 Å². The van der Waals surface area contributed by atoms with Gasteiger partial charge in [-0.1, -0.05) is 0 Å². The second-order valence-corrected chi connectivity index (χ2v) is 14.1. The fourth-order valence-corrected chi connectivity index (χ4v) is 7.64. The Balaban J connectivity index is 1.49. The fourth-order valence-electron chi connectivity index (χ4n) is 5.56. The minimum Gasteiger partial charge on any atom is -0.359 e. The Morgan fingerprint density at radius 2 is 1.86 bits per heavy atom. The molecule has 2 N–H and O–H groups in total. The first-order valence-electron chi connectivity index (χ1n) is 13.9. The minimum absolute atomic E-state index is 0.0997. The number of anilines is 1. The highest BCUT2D eigenvalue weighted by Gasteiger charge is 2.37. The van der Waals surface area contributed by atoms with Crippen molar-refractivity contribution in [2.75, 3.05) is 30.9 Å². The van der Waals surface area contributed by atoms with E-state index in [4.69, 9.17) is 0 Å². The van der Waals surface area contributed by atoms with Crippen LogP contribution in [0.4, 0.5) is 19.0 Å². The topological polar surface area (TPSA) is 96.3 Å². The molecular formula is C29H38F3N5O3S2. The Hall–Kier alpha value is -2.77. The molecule has 230 valence electrons. The molecule has 1 amide bonds. The number of hydrogen-bond acceptors (Lipinski definition) is 7. The number of sulfone groups is 1. The summed E-state index contributed by atoms with van der Waals surface area (Å²) in [6.45, 7) is 3.97. The molecule has 8 nitrogen and oxygen atoms in total. The number of benzene rings is 2. The molecule has 1 aromatic heterocycles. The monoisotopic (exact) mass is 625 g/mol. The molecule has 1 aliphatic rings. The summed E-state index contributed by atoms with van der Waals surface area (Å²) < 4.78 is 68.2. The van der Waals surface area contributed by atoms with Gasteiger partial charge >= 0.3 is 6.18 Å². The Kier molecular flexibility index (Phi) is 9.83. The fraction of sp³-hybridized carbons (Fsp3) is 0.517. The molecule has 0 saturated heterocycles. The van der Waals surface area contributed by atoms with Gasteiger partial charge in [-0.25, -0.2) is 8.42 Å². The summed E-state index contributed by atoms with van der Waals surface area (Å²) in [7, 11) is 0.0368. The van der Waals surface area contributed by atoms with Crippen LogP contribution in [0.3, 0.4) is 0 Å². The maximum Gasteiger partial charge on any atom is 0.416 e. The second-order valence-electron chi connectivity index (χ2n) is 11.2. The number of halogens is 3. The van der Waals surface area contributed by atoms with E-state index in [1.165, 1.54) is 22.5 Å². The van der Waals surface area contributed by atoms with E-state index in [0.717, 1.165) is 23.4 Å². The van der Waals surface area contributed by atoms with E-state index < -0.39 is 21.6 Å². The molecule has 0 radical (unpaired) electrons. The Morgan fingerprint density at radius 3 is 2.48 bits per heavy atom. The van der Waals surface area contributed by atoms with Gasteiger partial charge in [-0.15, -0.1) is 11.8 Å². The molecule has 3 atom stereocenters. The molecule has 13 heteroatoms. The maximum absolute atomic E-state index is 13.4. The number of hydrogen-bond donors (Lipinski definition) is 2. The Labute approximate surface area is 249 Å². The number of carbonyl (C=O) groups is 1. The number of aromatic nitrogens is 2. The molecule has 1 fully saturated rings. The van der Waals surface area contributed by atoms with E-state index in [0.29, 0.717) is 18.4 Å². The maximum atomic E-state index is 13.4. The molecular weight excluding hydrogens is 587 g/mol. The third-order valence-corrected chi connectivity index (χ3v) is 10.7. The summed E-state index contributed by atoms with van der Waals surface area (Å²) in [6.07, 6.45) is -0.555. The molecule has 2 aromatic carbocycles. The lowest BCUT2D eigenvalue weighted by Crippen LogP contribution is -2.51. The van der Waals surface area contributed by atoms with Crippen molar-refractivity contribution in [1.29, 1.82) is 0 Å². The zero-order valence-corrected chi connectivity index (χ0v) is 26.0. The van der Waals surface area contributed by atoms with Crippen LogP contribution in [0.25, 0.3) is 10.9 Å². The summed E-state index contributed by atoms with van der Waals surface area (Å²) in [4.78, 5) is 16.5. The summed E-state index contributed by atoms with van der Waals surface area (Å²) in [5, 5.41) is 10.4. The van der Waals surface area contributed by atoms with E-state index >= 15 is 0 Å². The van der Waals surface area contributed by atoms with Crippen LogP contribution < -0.4 is 10.6 Å². The average molecular weight is 626 g/mol. The van der Waals surface area contributed by atoms with Crippen molar-refractivity contribution < 1.29 is 26.4 Å². The minimum atomic E-state index is -4.51. The van der Waals surface area contributed by atoms with Gasteiger partial charge < -0.3 is 15.5 Å². The third-order valence-electron chi connectivity index (χ3n) is 8.14. The number of fused-ring (bicyclic) bond motifs is 1. The number of aryl methyl sites for hydroxylation is 1. The van der Waals surface area contributed by atoms with Gasteiger partial charge in [0, 0.05) is 35.5 Å². The number of nitrogens with zero attached hydrogens (tertiary/aromatic N) is 3. The number of thioether (sulfide) groups is 1. The molecule has 0 bridgehead atoms. The van der Waals surface area contributed by atoms with E-state index in [-0.39, 0.29) is 58.3 Å². The van der Waals surface area contributed by atoms with Crippen LogP contribution in [-0.2, 0) is 27.9 Å². The molecule has 1 heterocycles. The van der Waals surface area contributed by atoms with Crippen molar-refractivity contribution in [3.8, 4) is 0 Å². The van der Waals surface area contributed by atoms with Gasteiger partial charge in [0.15, 0.2) is 15.7 Å². The molecule has 1 aliphatic carbocycles. The highest BCUT2D eigenvalue weighted by Crippen LogP contribution is 2.34. The molecule has 4 rings (SSSR count). The van der Waals surface area contributed by atoms with E-state index in [2.05, 4.69) is 34.5 Å². The van der Waals surface area contributed by atoms with Gasteiger partial charge in [0.25, 0.3) is 0 Å². The smallest absolute Gasteiger partial charge is 0.359 e. The van der Waals surface area contributed by atoms with Crippen LogP contribution >= 0.6 is 11.8 Å². The van der Waals surface area contributed by atoms with Crippen LogP contribution in [0.2, 0.25) is 0 Å². The summed E-state index contributed by atoms with van der Waals surface area (Å²) in [6, 6.07) is 10.3. The number of rotatable bonds is 10. The van der Waals surface area contributed by atoms with Gasteiger partial charge in [0.05, 0.1) is 28.3 Å². The summed E-state index contributed by atoms with van der Waals surface area (Å²) in [5.41, 5.74) is -0.305. The standard InChI is InChI=1S/C29H38F3N5O3S2/c1-18(2)36(3)21-7-12-25(19(14-21)17-42(39,40)23-10-8-22(41-5)9-11-23)34-27(38)16-33-28-24-15-20(29(30,31)32)6-13-26(24)37(4)35-28/h6,8-11,13,15,18-19,21,25H,7,12,14,16-17H2,1-5H3,(H,33,35)(H,34,38). The average Bonchev–Trinajstić information content (AvgIpc) is 3.26. The third kappa shape index (κ3) is 7.41. The second kappa shape index (κ2) is 12.8. The zero-order valence-electron chi connectivity index (χ0n) is 24.4. The first kappa shape index (κ1) is 32.2. The van der Waals surface area contributed by atoms with Crippen molar-refractivity contribution in [2.24, 2.45) is 13.0 Å². The van der Waals surface area contributed by atoms with Crippen molar-refractivity contribution in [3.05, 3.63) is 48.0 Å². The van der Waals surface area contributed by atoms with Gasteiger partial charge in [0.2, 0.25) is 5.91 Å². The molecule has 3 unspecified atom stereocenters. The van der Waals surface area contributed by atoms with Crippen LogP contribution in [0.1, 0.15) is 38.7 Å². The van der Waals surface area contributed by atoms with Crippen LogP contribution in [0.5, 0.6) is 0 Å². The highest BCUT2D eigenvalue weighted by molar-refractivity contribution is 7.98. The van der Waals surface area contributed by atoms with Crippen LogP contribution in [0, 0.1) is 5.92 Å². The van der Waals surface area contributed by atoms with Crippen molar-refractivity contribution >= 4 is 44.2 Å². The Morgan fingerprint density at radius 1 is 1.17 bits per heavy atom. The van der Waals surface area contributed by atoms with Crippen molar-refractivity contribution in [2.45, 2.75) is 67.2 Å². The predicted molar refractivity (Wildman–Crippen MR) is 160 cm³/mol. The van der Waals surface area contributed by atoms with Gasteiger partial charge in [-0.05, 0) is 94.8 Å². The SMILES string of the molecule is CSc1ccc(S(=O)(=O)CC2CC(N(C)C(C)C)CCC2NC(=O)CNc2nn(C)c3ccc(C(F)(F)F)cc23)cc1. The number of alkyl halides is 3. The lowest BCUT2D eigenvalue weighted by Gasteiger charge is -2.41. The van der Waals surface area contributed by atoms with Crippen molar-refractivity contribution in [1.82, 2.24) is 20.0 Å². The largest absolute Gasteiger partial charge is 0.416 e. The normalized spacial score (nSPS) is 19.9. The molecule has 0 aliphatic heterocycles. The quantitative estimate of drug-likeness (QED) is 0.299. The first-order chi connectivity index (χ1) is 19.7. The lowest BCUT2D eigenvalue weighted by molar-refractivity contribution is -0.137. The number of carbonyl (C=O) groups excluding carboxylic acids is 1. The lowest BCUT2D eigenvalue weighted by atomic mass is 9.81. The van der Waals surface area contributed by atoms with E-state index in [1.54, 1.807) is 31.3 Å². The summed E-state index contributed by atoms with van der Waals surface area (Å²) in [5.74, 6) is -0.626. The first-order valence-corrected chi connectivity index (χ1v) is 16.7. The highest BCUT2D eigenvalue weighted by atomic mass is 32.2. The van der Waals surface area contributed by atoms with Gasteiger partial charge in [-0.3, -0.25) is 9.48 Å². The number of nitrogens with one attached hydrogen (secondary N) is 2. The molecule has 42 heavy (non-hydrogen) atoms. The molecule has 3 aromatic rings. The van der Waals surface area contributed by atoms with Gasteiger partial charge in [-0.2, -0.15) is 18.3 Å². The van der Waals surface area contributed by atoms with Crippen LogP contribution in [-0.4, -0.2) is 72.7 Å². The van der Waals surface area contributed by atoms with Crippen molar-refractivity contribution in [3.63, 3.8) is 0 Å². The summed E-state index contributed by atoms with van der Waals surface area (Å²) >= 11 is 1.53. The van der Waals surface area contributed by atoms with E-state index in [9.17, 15) is 26.4 Å². The zero-order chi connectivity index (χ0) is 30.8. The van der Waals surface area contributed by atoms with E-state index in [1.807, 2.05) is 13.3 Å². The Bertz CT molecular complexity index is 1510. The number of amides is 1. The predicted octanol–water partition coefficient (Wildman–Crippen LogP) is 5.19. The van der Waals surface area contributed by atoms with Gasteiger partial charge in [0.1, 0.15) is 0 Å².